The van der Waals surface area contributed by atoms with Crippen LogP contribution in [0.1, 0.15) is 43.3 Å². The van der Waals surface area contributed by atoms with E-state index < -0.39 is 0 Å². The van der Waals surface area contributed by atoms with Crippen LogP contribution in [0.15, 0.2) is 6.07 Å². The monoisotopic (exact) mass is 163 g/mol. The maximum absolute atomic E-state index is 2.49. The van der Waals surface area contributed by atoms with Gasteiger partial charge in [-0.25, -0.2) is 0 Å². The van der Waals surface area contributed by atoms with E-state index in [1.807, 2.05) is 0 Å². The van der Waals surface area contributed by atoms with Gasteiger partial charge in [0.25, 0.3) is 0 Å². The van der Waals surface area contributed by atoms with Gasteiger partial charge >= 0.3 is 0 Å². The molecule has 2 rings (SSSR count). The molecule has 0 saturated carbocycles. The van der Waals surface area contributed by atoms with Crippen LogP contribution >= 0.6 is 0 Å². The fraction of sp³-hybridized carbons (Fsp3) is 0.636. The van der Waals surface area contributed by atoms with Crippen LogP contribution in [-0.2, 0) is 12.8 Å². The zero-order valence-corrected chi connectivity index (χ0v) is 8.22. The molecule has 1 aromatic heterocycles. The van der Waals surface area contributed by atoms with E-state index in [0.717, 1.165) is 0 Å². The van der Waals surface area contributed by atoms with Gasteiger partial charge in [-0.3, -0.25) is 0 Å². The summed E-state index contributed by atoms with van der Waals surface area (Å²) in [7, 11) is 0. The lowest BCUT2D eigenvalue weighted by atomic mass is 10.2. The van der Waals surface area contributed by atoms with Crippen molar-refractivity contribution in [3.63, 3.8) is 0 Å². The molecule has 1 heteroatoms. The number of hydrogen-bond donors (Lipinski definition) is 0. The van der Waals surface area contributed by atoms with E-state index in [1.165, 1.54) is 25.0 Å². The molecule has 0 aliphatic heterocycles. The number of fused-ring (bicyclic) bond motifs is 1. The standard InChI is InChI=1S/C11H17N/c1-8(2)12-9(3)7-10-5-4-6-11(10)12/h7-8H,4-6H2,1-3H3. The summed E-state index contributed by atoms with van der Waals surface area (Å²) in [5, 5.41) is 0. The summed E-state index contributed by atoms with van der Waals surface area (Å²) >= 11 is 0. The first-order valence-corrected chi connectivity index (χ1v) is 4.89. The molecule has 1 nitrogen and oxygen atoms in total. The largest absolute Gasteiger partial charge is 0.346 e. The molecule has 66 valence electrons. The van der Waals surface area contributed by atoms with Crippen LogP contribution < -0.4 is 0 Å². The molecule has 1 aromatic rings. The summed E-state index contributed by atoms with van der Waals surface area (Å²) in [4.78, 5) is 0. The second-order valence-electron chi connectivity index (χ2n) is 4.07. The summed E-state index contributed by atoms with van der Waals surface area (Å²) in [5.41, 5.74) is 4.64. The highest BCUT2D eigenvalue weighted by molar-refractivity contribution is 5.31. The number of hydrogen-bond acceptors (Lipinski definition) is 0. The fourth-order valence-electron chi connectivity index (χ4n) is 2.44. The molecule has 0 spiro atoms. The van der Waals surface area contributed by atoms with Crippen LogP contribution in [-0.4, -0.2) is 4.57 Å². The maximum atomic E-state index is 2.49. The third-order valence-electron chi connectivity index (χ3n) is 2.80. The van der Waals surface area contributed by atoms with Gasteiger partial charge in [-0.2, -0.15) is 0 Å². The predicted octanol–water partition coefficient (Wildman–Crippen LogP) is 2.87. The van der Waals surface area contributed by atoms with Gasteiger partial charge in [0, 0.05) is 17.4 Å². The molecular formula is C11H17N. The summed E-state index contributed by atoms with van der Waals surface area (Å²) in [6.07, 6.45) is 3.95. The van der Waals surface area contributed by atoms with Crippen molar-refractivity contribution in [1.82, 2.24) is 4.57 Å². The van der Waals surface area contributed by atoms with Crippen molar-refractivity contribution in [2.45, 2.75) is 46.1 Å². The second kappa shape index (κ2) is 2.65. The van der Waals surface area contributed by atoms with Gasteiger partial charge in [0.05, 0.1) is 0 Å². The van der Waals surface area contributed by atoms with E-state index in [-0.39, 0.29) is 0 Å². The topological polar surface area (TPSA) is 4.93 Å². The minimum atomic E-state index is 0.631. The summed E-state index contributed by atoms with van der Waals surface area (Å²) in [5.74, 6) is 0. The number of aryl methyl sites for hydroxylation is 2. The second-order valence-corrected chi connectivity index (χ2v) is 4.07. The van der Waals surface area contributed by atoms with Gasteiger partial charge in [-0.15, -0.1) is 0 Å². The van der Waals surface area contributed by atoms with E-state index in [2.05, 4.69) is 31.4 Å². The average molecular weight is 163 g/mol. The Morgan fingerprint density at radius 1 is 1.33 bits per heavy atom. The van der Waals surface area contributed by atoms with E-state index in [1.54, 1.807) is 11.3 Å². The highest BCUT2D eigenvalue weighted by Crippen LogP contribution is 2.28. The lowest BCUT2D eigenvalue weighted by molar-refractivity contribution is 0.565. The highest BCUT2D eigenvalue weighted by Gasteiger charge is 2.18. The molecule has 0 radical (unpaired) electrons. The Morgan fingerprint density at radius 2 is 2.08 bits per heavy atom. The van der Waals surface area contributed by atoms with Gasteiger partial charge in [-0.05, 0) is 51.7 Å². The molecular weight excluding hydrogens is 146 g/mol. The smallest absolute Gasteiger partial charge is 0.0279 e. The third-order valence-corrected chi connectivity index (χ3v) is 2.80. The minimum absolute atomic E-state index is 0.631. The number of nitrogens with zero attached hydrogens (tertiary/aromatic N) is 1. The zero-order valence-electron chi connectivity index (χ0n) is 8.22. The van der Waals surface area contributed by atoms with Gasteiger partial charge in [0.1, 0.15) is 0 Å². The van der Waals surface area contributed by atoms with E-state index >= 15 is 0 Å². The zero-order chi connectivity index (χ0) is 8.72. The normalized spacial score (nSPS) is 15.7. The minimum Gasteiger partial charge on any atom is -0.346 e. The molecule has 0 atom stereocenters. The third kappa shape index (κ3) is 0.996. The summed E-state index contributed by atoms with van der Waals surface area (Å²) in [6.45, 7) is 6.76. The first-order valence-electron chi connectivity index (χ1n) is 4.89. The Hall–Kier alpha value is -0.720. The number of aromatic nitrogens is 1. The Kier molecular flexibility index (Phi) is 1.75. The summed E-state index contributed by atoms with van der Waals surface area (Å²) in [6, 6.07) is 2.99. The summed E-state index contributed by atoms with van der Waals surface area (Å²) < 4.78 is 2.49. The lowest BCUT2D eigenvalue weighted by Crippen LogP contribution is -2.06. The van der Waals surface area contributed by atoms with Crippen LogP contribution in [0.25, 0.3) is 0 Å². The van der Waals surface area contributed by atoms with Gasteiger partial charge in [0.2, 0.25) is 0 Å². The van der Waals surface area contributed by atoms with Crippen LogP contribution in [0.2, 0.25) is 0 Å². The van der Waals surface area contributed by atoms with Crippen LogP contribution in [0, 0.1) is 6.92 Å². The Labute approximate surface area is 74.4 Å². The molecule has 0 amide bonds. The fourth-order valence-corrected chi connectivity index (χ4v) is 2.44. The molecule has 1 heterocycles. The molecule has 0 aromatic carbocycles. The van der Waals surface area contributed by atoms with E-state index in [4.69, 9.17) is 0 Å². The van der Waals surface area contributed by atoms with Crippen molar-refractivity contribution in [3.05, 3.63) is 23.0 Å². The molecule has 12 heavy (non-hydrogen) atoms. The van der Waals surface area contributed by atoms with Crippen LogP contribution in [0.5, 0.6) is 0 Å². The van der Waals surface area contributed by atoms with Gasteiger partial charge in [-0.1, -0.05) is 0 Å². The Bertz CT molecular complexity index is 294. The van der Waals surface area contributed by atoms with Crippen molar-refractivity contribution in [2.24, 2.45) is 0 Å². The van der Waals surface area contributed by atoms with Crippen molar-refractivity contribution in [2.75, 3.05) is 0 Å². The predicted molar refractivity (Wildman–Crippen MR) is 51.6 cm³/mol. The Morgan fingerprint density at radius 3 is 2.75 bits per heavy atom. The first-order chi connectivity index (χ1) is 5.70. The quantitative estimate of drug-likeness (QED) is 0.600. The Balaban J connectivity index is 2.52. The lowest BCUT2D eigenvalue weighted by Gasteiger charge is -2.14. The van der Waals surface area contributed by atoms with E-state index in [0.29, 0.717) is 6.04 Å². The SMILES string of the molecule is Cc1cc2c(n1C(C)C)CCC2. The molecule has 0 saturated heterocycles. The molecule has 0 unspecified atom stereocenters. The molecule has 1 aliphatic carbocycles. The first kappa shape index (κ1) is 7.90. The van der Waals surface area contributed by atoms with Crippen LogP contribution in [0.4, 0.5) is 0 Å². The van der Waals surface area contributed by atoms with Gasteiger partial charge < -0.3 is 4.57 Å². The molecule has 1 aliphatic rings. The molecule has 0 fully saturated rings. The van der Waals surface area contributed by atoms with Crippen LogP contribution in [0.3, 0.4) is 0 Å². The van der Waals surface area contributed by atoms with Crippen molar-refractivity contribution >= 4 is 0 Å². The highest BCUT2D eigenvalue weighted by atomic mass is 15.0. The van der Waals surface area contributed by atoms with Crippen molar-refractivity contribution < 1.29 is 0 Å². The molecule has 0 N–H and O–H groups in total. The number of rotatable bonds is 1. The van der Waals surface area contributed by atoms with E-state index in [9.17, 15) is 0 Å². The average Bonchev–Trinajstić information content (AvgIpc) is 2.44. The maximum Gasteiger partial charge on any atom is 0.0279 e. The van der Waals surface area contributed by atoms with Crippen molar-refractivity contribution in [1.29, 1.82) is 0 Å². The van der Waals surface area contributed by atoms with Crippen molar-refractivity contribution in [3.8, 4) is 0 Å². The molecule has 0 bridgehead atoms. The van der Waals surface area contributed by atoms with Gasteiger partial charge in [0.15, 0.2) is 0 Å².